The van der Waals surface area contributed by atoms with Crippen molar-refractivity contribution in [2.45, 2.75) is 45.7 Å². The Kier molecular flexibility index (Phi) is 6.70. The summed E-state index contributed by atoms with van der Waals surface area (Å²) in [7, 11) is 0. The molecule has 3 rings (SSSR count). The lowest BCUT2D eigenvalue weighted by Crippen LogP contribution is -2.39. The van der Waals surface area contributed by atoms with Crippen LogP contribution in [0.4, 0.5) is 4.39 Å². The van der Waals surface area contributed by atoms with Gasteiger partial charge in [-0.05, 0) is 55.2 Å². The average Bonchev–Trinajstić information content (AvgIpc) is 2.79. The van der Waals surface area contributed by atoms with Crippen LogP contribution in [0, 0.1) is 18.3 Å². The number of benzene rings is 2. The van der Waals surface area contributed by atoms with E-state index in [1.54, 1.807) is 24.3 Å². The van der Waals surface area contributed by atoms with Gasteiger partial charge in [0, 0.05) is 49.5 Å². The minimum Gasteiger partial charge on any atom is -0.371 e. The minimum absolute atomic E-state index is 0.387. The Morgan fingerprint density at radius 1 is 1.19 bits per heavy atom. The molecule has 2 aromatic rings. The maximum atomic E-state index is 15.6. The lowest BCUT2D eigenvalue weighted by atomic mass is 9.85. The Morgan fingerprint density at radius 3 is 2.39 bits per heavy atom. The summed E-state index contributed by atoms with van der Waals surface area (Å²) in [5, 5.41) is 16.8. The van der Waals surface area contributed by atoms with E-state index in [9.17, 15) is 0 Å². The molecule has 0 N–H and O–H groups in total. The highest BCUT2D eigenvalue weighted by Gasteiger charge is 2.36. The van der Waals surface area contributed by atoms with Crippen LogP contribution in [0.1, 0.15) is 60.1 Å². The zero-order valence-corrected chi connectivity index (χ0v) is 18.6. The Hall–Kier alpha value is -3.26. The largest absolute Gasteiger partial charge is 0.371 e. The van der Waals surface area contributed by atoms with Crippen molar-refractivity contribution in [3.63, 3.8) is 0 Å². The average molecular weight is 417 g/mol. The topological polar surface area (TPSA) is 51.8 Å². The summed E-state index contributed by atoms with van der Waals surface area (Å²) in [6, 6.07) is 13.2. The van der Waals surface area contributed by atoms with E-state index in [-0.39, 0.29) is 0 Å². The second-order valence-electron chi connectivity index (χ2n) is 8.09. The van der Waals surface area contributed by atoms with Crippen LogP contribution in [-0.2, 0) is 12.1 Å². The van der Waals surface area contributed by atoms with Crippen LogP contribution in [0.2, 0.25) is 0 Å². The van der Waals surface area contributed by atoms with Gasteiger partial charge in [0.1, 0.15) is 5.67 Å². The third kappa shape index (κ3) is 4.59. The number of aryl methyl sites for hydroxylation is 2. The van der Waals surface area contributed by atoms with Crippen molar-refractivity contribution in [2.75, 3.05) is 13.1 Å². The molecular formula is C26H29FN4. The first kappa shape index (κ1) is 22.4. The maximum Gasteiger partial charge on any atom is 0.139 e. The molecule has 0 saturated carbocycles. The molecule has 2 aromatic carbocycles. The first-order valence-corrected chi connectivity index (χ1v) is 10.6. The third-order valence-electron chi connectivity index (χ3n) is 6.22. The summed E-state index contributed by atoms with van der Waals surface area (Å²) in [6.45, 7) is 15.1. The highest BCUT2D eigenvalue weighted by atomic mass is 19.1. The highest BCUT2D eigenvalue weighted by molar-refractivity contribution is 6.00. The van der Waals surface area contributed by atoms with Gasteiger partial charge in [0.15, 0.2) is 0 Å². The maximum absolute atomic E-state index is 15.6. The number of piperidine rings is 1. The van der Waals surface area contributed by atoms with Gasteiger partial charge in [-0.15, -0.1) is 0 Å². The van der Waals surface area contributed by atoms with E-state index in [1.165, 1.54) is 5.56 Å². The summed E-state index contributed by atoms with van der Waals surface area (Å²) >= 11 is 0. The Bertz CT molecular complexity index is 1050. The van der Waals surface area contributed by atoms with Crippen LogP contribution in [0.3, 0.4) is 0 Å². The molecule has 0 unspecified atom stereocenters. The summed E-state index contributed by atoms with van der Waals surface area (Å²) in [5.41, 5.74) is 6.00. The van der Waals surface area contributed by atoms with Crippen LogP contribution < -0.4 is 0 Å². The van der Waals surface area contributed by atoms with Crippen molar-refractivity contribution < 1.29 is 4.39 Å². The Morgan fingerprint density at radius 2 is 1.84 bits per heavy atom. The van der Waals surface area contributed by atoms with Gasteiger partial charge in [-0.3, -0.25) is 0 Å². The van der Waals surface area contributed by atoms with E-state index in [0.29, 0.717) is 37.1 Å². The smallest absolute Gasteiger partial charge is 0.139 e. The second kappa shape index (κ2) is 9.26. The molecular weight excluding hydrogens is 387 g/mol. The zero-order chi connectivity index (χ0) is 22.6. The molecule has 4 nitrogen and oxygen atoms in total. The fourth-order valence-corrected chi connectivity index (χ4v) is 4.30. The van der Waals surface area contributed by atoms with Crippen molar-refractivity contribution in [1.82, 2.24) is 4.90 Å². The number of halogens is 1. The van der Waals surface area contributed by atoms with Gasteiger partial charge in [0.25, 0.3) is 0 Å². The lowest BCUT2D eigenvalue weighted by molar-refractivity contribution is 0.0794. The molecule has 5 heteroatoms. The summed E-state index contributed by atoms with van der Waals surface area (Å²) in [5.74, 6) is 0. The molecule has 1 aliphatic heterocycles. The standard InChI is InChI=1S/C26H29FN4/c1-6-22-15-18(2)24(16-25(22)19(3)30-29-5)20(4)31-13-11-26(27,12-14-31)23-9-7-21(17-28)8-10-23/h7-10,15-16H,4-6,11-14H2,1-3H3/b30-19+. The lowest BCUT2D eigenvalue weighted by Gasteiger charge is -2.39. The third-order valence-corrected chi connectivity index (χ3v) is 6.22. The summed E-state index contributed by atoms with van der Waals surface area (Å²) < 4.78 is 15.6. The van der Waals surface area contributed by atoms with Gasteiger partial charge >= 0.3 is 0 Å². The Balaban J connectivity index is 1.81. The molecule has 0 aliphatic carbocycles. The number of rotatable bonds is 6. The number of nitriles is 1. The van der Waals surface area contributed by atoms with Crippen molar-refractivity contribution >= 4 is 18.1 Å². The van der Waals surface area contributed by atoms with Crippen LogP contribution in [0.15, 0.2) is 53.2 Å². The quantitative estimate of drug-likeness (QED) is 0.442. The van der Waals surface area contributed by atoms with E-state index in [4.69, 9.17) is 5.26 Å². The van der Waals surface area contributed by atoms with Gasteiger partial charge in [0.05, 0.1) is 17.3 Å². The van der Waals surface area contributed by atoms with Crippen molar-refractivity contribution in [2.24, 2.45) is 10.2 Å². The molecule has 31 heavy (non-hydrogen) atoms. The first-order chi connectivity index (χ1) is 14.8. The minimum atomic E-state index is -1.38. The zero-order valence-electron chi connectivity index (χ0n) is 18.6. The van der Waals surface area contributed by atoms with Crippen LogP contribution in [0.25, 0.3) is 5.70 Å². The predicted octanol–water partition coefficient (Wildman–Crippen LogP) is 5.79. The molecule has 1 heterocycles. The summed E-state index contributed by atoms with van der Waals surface area (Å²) in [6.07, 6.45) is 1.67. The van der Waals surface area contributed by atoms with Gasteiger partial charge < -0.3 is 4.90 Å². The second-order valence-corrected chi connectivity index (χ2v) is 8.09. The van der Waals surface area contributed by atoms with E-state index in [0.717, 1.165) is 34.5 Å². The van der Waals surface area contributed by atoms with Crippen molar-refractivity contribution in [1.29, 1.82) is 5.26 Å². The SMILES string of the molecule is C=N/N=C(\C)c1cc(C(=C)N2CCC(F)(c3ccc(C#N)cc3)CC2)c(C)cc1CC. The van der Waals surface area contributed by atoms with E-state index in [2.05, 4.69) is 60.4 Å². The number of likely N-dealkylation sites (tertiary alicyclic amines) is 1. The fraction of sp³-hybridized carbons (Fsp3) is 0.346. The molecule has 0 bridgehead atoms. The van der Waals surface area contributed by atoms with E-state index in [1.807, 2.05) is 6.92 Å². The first-order valence-electron chi connectivity index (χ1n) is 10.6. The van der Waals surface area contributed by atoms with Crippen LogP contribution in [-0.4, -0.2) is 30.4 Å². The molecule has 1 fully saturated rings. The van der Waals surface area contributed by atoms with Crippen LogP contribution >= 0.6 is 0 Å². The molecule has 1 saturated heterocycles. The summed E-state index contributed by atoms with van der Waals surface area (Å²) in [4.78, 5) is 2.16. The van der Waals surface area contributed by atoms with Crippen LogP contribution in [0.5, 0.6) is 0 Å². The molecule has 0 atom stereocenters. The van der Waals surface area contributed by atoms with Gasteiger partial charge in [0.2, 0.25) is 0 Å². The van der Waals surface area contributed by atoms with Gasteiger partial charge in [-0.25, -0.2) is 4.39 Å². The molecule has 0 spiro atoms. The van der Waals surface area contributed by atoms with Gasteiger partial charge in [-0.1, -0.05) is 31.7 Å². The number of alkyl halides is 1. The predicted molar refractivity (Wildman–Crippen MR) is 126 cm³/mol. The molecule has 1 aliphatic rings. The Labute approximate surface area is 184 Å². The fourth-order valence-electron chi connectivity index (χ4n) is 4.30. The van der Waals surface area contributed by atoms with Crippen molar-refractivity contribution in [3.05, 3.63) is 76.4 Å². The molecule has 0 amide bonds. The normalized spacial score (nSPS) is 16.0. The number of nitrogens with zero attached hydrogens (tertiary/aromatic N) is 4. The molecule has 160 valence electrons. The number of hydrogen-bond acceptors (Lipinski definition) is 4. The van der Waals surface area contributed by atoms with Gasteiger partial charge in [-0.2, -0.15) is 15.5 Å². The van der Waals surface area contributed by atoms with E-state index >= 15 is 4.39 Å². The number of hydrogen-bond donors (Lipinski definition) is 0. The van der Waals surface area contributed by atoms with Crippen molar-refractivity contribution in [3.8, 4) is 6.07 Å². The molecule has 0 radical (unpaired) electrons. The van der Waals surface area contributed by atoms with E-state index < -0.39 is 5.67 Å². The monoisotopic (exact) mass is 416 g/mol. The highest BCUT2D eigenvalue weighted by Crippen LogP contribution is 2.39. The molecule has 0 aromatic heterocycles.